The molecule has 1 N–H and O–H groups in total. The number of fused-ring (bicyclic) bond motifs is 1. The molecule has 0 spiro atoms. The molecule has 3 rings (SSSR count). The summed E-state index contributed by atoms with van der Waals surface area (Å²) in [4.78, 5) is 14.7. The highest BCUT2D eigenvalue weighted by Crippen LogP contribution is 2.26. The second-order valence-corrected chi connectivity index (χ2v) is 6.07. The number of amides is 1. The summed E-state index contributed by atoms with van der Waals surface area (Å²) in [6.45, 7) is 4.14. The molecular weight excluding hydrogens is 248 g/mol. The lowest BCUT2D eigenvalue weighted by Crippen LogP contribution is -2.47. The summed E-state index contributed by atoms with van der Waals surface area (Å²) in [5.41, 5.74) is 2.47. The first-order valence-corrected chi connectivity index (χ1v) is 7.91. The van der Waals surface area contributed by atoms with E-state index in [1.807, 2.05) is 6.07 Å². The van der Waals surface area contributed by atoms with Crippen LogP contribution in [0.3, 0.4) is 0 Å². The van der Waals surface area contributed by atoms with Crippen molar-refractivity contribution in [3.63, 3.8) is 0 Å². The maximum Gasteiger partial charge on any atom is 0.245 e. The van der Waals surface area contributed by atoms with Gasteiger partial charge in [-0.2, -0.15) is 0 Å². The molecule has 2 aliphatic heterocycles. The molecule has 20 heavy (non-hydrogen) atoms. The second-order valence-electron chi connectivity index (χ2n) is 6.07. The third kappa shape index (κ3) is 2.67. The first-order valence-electron chi connectivity index (χ1n) is 7.91. The van der Waals surface area contributed by atoms with E-state index < -0.39 is 0 Å². The van der Waals surface area contributed by atoms with Crippen LogP contribution in [-0.2, 0) is 11.2 Å². The number of carbonyl (C=O) groups excluding carboxylic acids is 1. The van der Waals surface area contributed by atoms with Gasteiger partial charge in [0.1, 0.15) is 6.04 Å². The number of para-hydroxylation sites is 1. The van der Waals surface area contributed by atoms with Gasteiger partial charge in [0.15, 0.2) is 0 Å². The fourth-order valence-corrected chi connectivity index (χ4v) is 3.41. The van der Waals surface area contributed by atoms with E-state index in [4.69, 9.17) is 0 Å². The van der Waals surface area contributed by atoms with Crippen molar-refractivity contribution >= 4 is 11.6 Å². The predicted molar refractivity (Wildman–Crippen MR) is 81.8 cm³/mol. The van der Waals surface area contributed by atoms with Crippen molar-refractivity contribution in [1.82, 2.24) is 4.90 Å². The maximum absolute atomic E-state index is 12.6. The van der Waals surface area contributed by atoms with Crippen LogP contribution in [-0.4, -0.2) is 29.9 Å². The summed E-state index contributed by atoms with van der Waals surface area (Å²) in [6.07, 6.45) is 5.52. The number of rotatable bonds is 2. The molecule has 108 valence electrons. The van der Waals surface area contributed by atoms with Crippen LogP contribution in [0.2, 0.25) is 0 Å². The van der Waals surface area contributed by atoms with Gasteiger partial charge in [0, 0.05) is 18.8 Å². The van der Waals surface area contributed by atoms with E-state index in [1.54, 1.807) is 0 Å². The lowest BCUT2D eigenvalue weighted by atomic mass is 9.93. The predicted octanol–water partition coefficient (Wildman–Crippen LogP) is 3.06. The van der Waals surface area contributed by atoms with Gasteiger partial charge >= 0.3 is 0 Å². The van der Waals surface area contributed by atoms with E-state index >= 15 is 0 Å². The van der Waals surface area contributed by atoms with Crippen LogP contribution in [0.15, 0.2) is 24.3 Å². The molecule has 3 nitrogen and oxygen atoms in total. The molecule has 3 heteroatoms. The summed E-state index contributed by atoms with van der Waals surface area (Å²) in [6, 6.07) is 8.31. The third-order valence-corrected chi connectivity index (χ3v) is 4.85. The number of piperidine rings is 1. The Labute approximate surface area is 121 Å². The van der Waals surface area contributed by atoms with Gasteiger partial charge in [-0.05, 0) is 43.2 Å². The quantitative estimate of drug-likeness (QED) is 0.897. The highest BCUT2D eigenvalue weighted by Gasteiger charge is 2.29. The van der Waals surface area contributed by atoms with Crippen molar-refractivity contribution in [2.24, 2.45) is 5.92 Å². The van der Waals surface area contributed by atoms with Gasteiger partial charge in [-0.3, -0.25) is 4.79 Å². The highest BCUT2D eigenvalue weighted by molar-refractivity contribution is 5.85. The van der Waals surface area contributed by atoms with Crippen molar-refractivity contribution < 1.29 is 4.79 Å². The Hall–Kier alpha value is -1.51. The van der Waals surface area contributed by atoms with E-state index in [0.717, 1.165) is 37.5 Å². The Morgan fingerprint density at radius 1 is 1.25 bits per heavy atom. The molecule has 1 fully saturated rings. The average molecular weight is 272 g/mol. The Morgan fingerprint density at radius 2 is 2.00 bits per heavy atom. The number of benzene rings is 1. The van der Waals surface area contributed by atoms with Crippen LogP contribution >= 0.6 is 0 Å². The minimum Gasteiger partial charge on any atom is -0.373 e. The number of likely N-dealkylation sites (tertiary alicyclic amines) is 1. The van der Waals surface area contributed by atoms with E-state index in [9.17, 15) is 4.79 Å². The van der Waals surface area contributed by atoms with Gasteiger partial charge in [0.2, 0.25) is 5.91 Å². The summed E-state index contributed by atoms with van der Waals surface area (Å²) < 4.78 is 0. The van der Waals surface area contributed by atoms with Gasteiger partial charge in [0.25, 0.3) is 0 Å². The summed E-state index contributed by atoms with van der Waals surface area (Å²) >= 11 is 0. The first-order chi connectivity index (χ1) is 9.78. The molecule has 1 unspecified atom stereocenters. The van der Waals surface area contributed by atoms with Crippen LogP contribution in [0.5, 0.6) is 0 Å². The molecule has 2 aliphatic rings. The Morgan fingerprint density at radius 3 is 2.75 bits per heavy atom. The number of anilines is 1. The largest absolute Gasteiger partial charge is 0.373 e. The van der Waals surface area contributed by atoms with Gasteiger partial charge in [0.05, 0.1) is 0 Å². The average Bonchev–Trinajstić information content (AvgIpc) is 2.54. The van der Waals surface area contributed by atoms with Crippen LogP contribution in [0.25, 0.3) is 0 Å². The molecule has 0 saturated carbocycles. The zero-order valence-electron chi connectivity index (χ0n) is 12.3. The van der Waals surface area contributed by atoms with Crippen LogP contribution in [0, 0.1) is 5.92 Å². The van der Waals surface area contributed by atoms with Crippen molar-refractivity contribution in [2.75, 3.05) is 18.4 Å². The summed E-state index contributed by atoms with van der Waals surface area (Å²) in [5, 5.41) is 3.43. The van der Waals surface area contributed by atoms with Crippen LogP contribution < -0.4 is 5.32 Å². The summed E-state index contributed by atoms with van der Waals surface area (Å²) in [7, 11) is 0. The number of hydrogen-bond acceptors (Lipinski definition) is 2. The first kappa shape index (κ1) is 13.5. The molecule has 0 aliphatic carbocycles. The number of hydrogen-bond donors (Lipinski definition) is 1. The molecule has 0 aromatic heterocycles. The fraction of sp³-hybridized carbons (Fsp3) is 0.588. The topological polar surface area (TPSA) is 32.3 Å². The van der Waals surface area contributed by atoms with E-state index in [-0.39, 0.29) is 6.04 Å². The Kier molecular flexibility index (Phi) is 3.95. The van der Waals surface area contributed by atoms with Gasteiger partial charge in [-0.15, -0.1) is 0 Å². The SMILES string of the molecule is CCC1CCN(C(=O)C2CCc3ccccc3N2)CC1. The van der Waals surface area contributed by atoms with Crippen molar-refractivity contribution in [3.8, 4) is 0 Å². The van der Waals surface area contributed by atoms with Crippen molar-refractivity contribution in [1.29, 1.82) is 0 Å². The Balaban J connectivity index is 1.62. The van der Waals surface area contributed by atoms with Crippen molar-refractivity contribution in [2.45, 2.75) is 45.1 Å². The van der Waals surface area contributed by atoms with Crippen LogP contribution in [0.4, 0.5) is 5.69 Å². The smallest absolute Gasteiger partial charge is 0.245 e. The number of carbonyl (C=O) groups is 1. The standard InChI is InChI=1S/C17H24N2O/c1-2-13-9-11-19(12-10-13)17(20)16-8-7-14-5-3-4-6-15(14)18-16/h3-6,13,16,18H,2,7-12H2,1H3. The zero-order chi connectivity index (χ0) is 13.9. The molecule has 1 atom stereocenters. The molecule has 1 saturated heterocycles. The molecule has 1 aromatic rings. The molecule has 0 bridgehead atoms. The van der Waals surface area contributed by atoms with E-state index in [2.05, 4.69) is 35.3 Å². The minimum absolute atomic E-state index is 0.0249. The third-order valence-electron chi connectivity index (χ3n) is 4.85. The molecule has 1 aromatic carbocycles. The number of aryl methyl sites for hydroxylation is 1. The lowest BCUT2D eigenvalue weighted by Gasteiger charge is -2.35. The number of nitrogens with zero attached hydrogens (tertiary/aromatic N) is 1. The molecule has 2 heterocycles. The zero-order valence-corrected chi connectivity index (χ0v) is 12.3. The minimum atomic E-state index is -0.0249. The van der Waals surface area contributed by atoms with Crippen molar-refractivity contribution in [3.05, 3.63) is 29.8 Å². The monoisotopic (exact) mass is 272 g/mol. The Bertz CT molecular complexity index is 478. The molecular formula is C17H24N2O. The number of nitrogens with one attached hydrogen (secondary N) is 1. The lowest BCUT2D eigenvalue weighted by molar-refractivity contribution is -0.133. The maximum atomic E-state index is 12.6. The van der Waals surface area contributed by atoms with Gasteiger partial charge in [-0.1, -0.05) is 31.5 Å². The van der Waals surface area contributed by atoms with Gasteiger partial charge < -0.3 is 10.2 Å². The molecule has 1 amide bonds. The van der Waals surface area contributed by atoms with Crippen LogP contribution in [0.1, 0.15) is 38.2 Å². The van der Waals surface area contributed by atoms with E-state index in [1.165, 1.54) is 24.8 Å². The van der Waals surface area contributed by atoms with Gasteiger partial charge in [-0.25, -0.2) is 0 Å². The second kappa shape index (κ2) is 5.86. The highest BCUT2D eigenvalue weighted by atomic mass is 16.2. The normalized spacial score (nSPS) is 23.1. The molecule has 0 radical (unpaired) electrons. The van der Waals surface area contributed by atoms with E-state index in [0.29, 0.717) is 5.91 Å². The fourth-order valence-electron chi connectivity index (χ4n) is 3.41. The summed E-state index contributed by atoms with van der Waals surface area (Å²) in [5.74, 6) is 1.12.